The van der Waals surface area contributed by atoms with Crippen molar-refractivity contribution in [1.82, 2.24) is 4.90 Å². The molecule has 0 saturated carbocycles. The minimum atomic E-state index is -0.290. The standard InChI is InChI=1S/C15H22N2O3/c1-16(2)9-5-12-20-15(18)17-10-6-11-19-14-8-4-3-7-13(14)17/h3-4,7-8H,5-6,9-12H2,1-2H3. The minimum Gasteiger partial charge on any atom is -0.491 e. The summed E-state index contributed by atoms with van der Waals surface area (Å²) in [5, 5.41) is 0. The number of benzene rings is 1. The van der Waals surface area contributed by atoms with Gasteiger partial charge < -0.3 is 14.4 Å². The average Bonchev–Trinajstić information content (AvgIpc) is 2.65. The van der Waals surface area contributed by atoms with Crippen LogP contribution in [0, 0.1) is 0 Å². The molecule has 1 heterocycles. The Hall–Kier alpha value is -1.75. The molecule has 1 aliphatic heterocycles. The molecule has 0 unspecified atom stereocenters. The summed E-state index contributed by atoms with van der Waals surface area (Å²) in [5.74, 6) is 0.746. The second kappa shape index (κ2) is 7.14. The highest BCUT2D eigenvalue weighted by molar-refractivity contribution is 5.89. The first-order chi connectivity index (χ1) is 9.68. The summed E-state index contributed by atoms with van der Waals surface area (Å²) in [6.45, 7) is 2.61. The van der Waals surface area contributed by atoms with Crippen LogP contribution < -0.4 is 9.64 Å². The van der Waals surface area contributed by atoms with Crippen LogP contribution in [0.2, 0.25) is 0 Å². The van der Waals surface area contributed by atoms with Crippen LogP contribution in [-0.2, 0) is 4.74 Å². The Balaban J connectivity index is 1.95. The van der Waals surface area contributed by atoms with Gasteiger partial charge in [0.2, 0.25) is 0 Å². The molecular formula is C15H22N2O3. The molecule has 0 radical (unpaired) electrons. The lowest BCUT2D eigenvalue weighted by Gasteiger charge is -2.21. The van der Waals surface area contributed by atoms with Gasteiger partial charge in [-0.1, -0.05) is 12.1 Å². The van der Waals surface area contributed by atoms with Crippen molar-refractivity contribution in [3.05, 3.63) is 24.3 Å². The second-order valence-corrected chi connectivity index (χ2v) is 5.09. The number of amides is 1. The van der Waals surface area contributed by atoms with Gasteiger partial charge in [-0.05, 0) is 39.1 Å². The lowest BCUT2D eigenvalue weighted by molar-refractivity contribution is 0.148. The van der Waals surface area contributed by atoms with Crippen LogP contribution in [0.3, 0.4) is 0 Å². The number of nitrogens with zero attached hydrogens (tertiary/aromatic N) is 2. The van der Waals surface area contributed by atoms with Gasteiger partial charge in [-0.2, -0.15) is 0 Å². The normalized spacial score (nSPS) is 14.4. The van der Waals surface area contributed by atoms with Gasteiger partial charge in [0, 0.05) is 13.1 Å². The largest absolute Gasteiger partial charge is 0.491 e. The average molecular weight is 278 g/mol. The fourth-order valence-corrected chi connectivity index (χ4v) is 2.14. The number of hydrogen-bond acceptors (Lipinski definition) is 4. The maximum atomic E-state index is 12.2. The van der Waals surface area contributed by atoms with Gasteiger partial charge in [0.15, 0.2) is 0 Å². The summed E-state index contributed by atoms with van der Waals surface area (Å²) in [4.78, 5) is 15.9. The first kappa shape index (κ1) is 14.7. The topological polar surface area (TPSA) is 42.0 Å². The molecule has 5 nitrogen and oxygen atoms in total. The zero-order valence-electron chi connectivity index (χ0n) is 12.2. The Morgan fingerprint density at radius 1 is 1.40 bits per heavy atom. The Bertz CT molecular complexity index is 448. The second-order valence-electron chi connectivity index (χ2n) is 5.09. The van der Waals surface area contributed by atoms with Gasteiger partial charge in [0.25, 0.3) is 0 Å². The SMILES string of the molecule is CN(C)CCCOC(=O)N1CCCOc2ccccc21. The van der Waals surface area contributed by atoms with Crippen LogP contribution >= 0.6 is 0 Å². The third-order valence-electron chi connectivity index (χ3n) is 3.14. The predicted molar refractivity (Wildman–Crippen MR) is 78.4 cm³/mol. The molecule has 20 heavy (non-hydrogen) atoms. The number of ether oxygens (including phenoxy) is 2. The molecule has 1 aliphatic rings. The zero-order valence-corrected chi connectivity index (χ0v) is 12.2. The van der Waals surface area contributed by atoms with E-state index in [1.165, 1.54) is 0 Å². The quantitative estimate of drug-likeness (QED) is 0.793. The number of fused-ring (bicyclic) bond motifs is 1. The molecule has 2 rings (SSSR count). The summed E-state index contributed by atoms with van der Waals surface area (Å²) < 4.78 is 11.0. The number of para-hydroxylation sites is 2. The van der Waals surface area contributed by atoms with Crippen LogP contribution in [0.4, 0.5) is 10.5 Å². The van der Waals surface area contributed by atoms with E-state index in [1.807, 2.05) is 38.4 Å². The smallest absolute Gasteiger partial charge is 0.414 e. The van der Waals surface area contributed by atoms with Gasteiger partial charge in [-0.3, -0.25) is 4.90 Å². The number of carbonyl (C=O) groups is 1. The summed E-state index contributed by atoms with van der Waals surface area (Å²) >= 11 is 0. The van der Waals surface area contributed by atoms with Gasteiger partial charge in [-0.25, -0.2) is 4.79 Å². The molecule has 0 aromatic heterocycles. The zero-order chi connectivity index (χ0) is 14.4. The molecule has 0 saturated heterocycles. The molecule has 1 aromatic carbocycles. The van der Waals surface area contributed by atoms with E-state index in [0.29, 0.717) is 19.8 Å². The van der Waals surface area contributed by atoms with E-state index in [0.717, 1.165) is 30.8 Å². The van der Waals surface area contributed by atoms with Gasteiger partial charge in [-0.15, -0.1) is 0 Å². The monoisotopic (exact) mass is 278 g/mol. The molecule has 0 aliphatic carbocycles. The predicted octanol–water partition coefficient (Wildman–Crippen LogP) is 2.36. The van der Waals surface area contributed by atoms with Gasteiger partial charge in [0.05, 0.1) is 18.9 Å². The van der Waals surface area contributed by atoms with Crippen LogP contribution in [0.1, 0.15) is 12.8 Å². The lowest BCUT2D eigenvalue weighted by atomic mass is 10.2. The highest BCUT2D eigenvalue weighted by Crippen LogP contribution is 2.30. The first-order valence-electron chi connectivity index (χ1n) is 6.99. The minimum absolute atomic E-state index is 0.290. The van der Waals surface area contributed by atoms with E-state index in [9.17, 15) is 4.79 Å². The van der Waals surface area contributed by atoms with E-state index in [-0.39, 0.29) is 6.09 Å². The highest BCUT2D eigenvalue weighted by atomic mass is 16.6. The summed E-state index contributed by atoms with van der Waals surface area (Å²) in [6.07, 6.45) is 1.35. The summed E-state index contributed by atoms with van der Waals surface area (Å²) in [6, 6.07) is 7.58. The van der Waals surface area contributed by atoms with Crippen molar-refractivity contribution in [3.63, 3.8) is 0 Å². The highest BCUT2D eigenvalue weighted by Gasteiger charge is 2.22. The van der Waals surface area contributed by atoms with Crippen LogP contribution in [-0.4, -0.2) is 51.4 Å². The van der Waals surface area contributed by atoms with Crippen LogP contribution in [0.15, 0.2) is 24.3 Å². The molecule has 0 fully saturated rings. The number of rotatable bonds is 4. The molecule has 0 bridgehead atoms. The van der Waals surface area contributed by atoms with E-state index < -0.39 is 0 Å². The first-order valence-corrected chi connectivity index (χ1v) is 6.99. The number of anilines is 1. The van der Waals surface area contributed by atoms with Crippen molar-refractivity contribution >= 4 is 11.8 Å². The van der Waals surface area contributed by atoms with E-state index >= 15 is 0 Å². The van der Waals surface area contributed by atoms with E-state index in [2.05, 4.69) is 4.90 Å². The van der Waals surface area contributed by atoms with Gasteiger partial charge in [0.1, 0.15) is 5.75 Å². The molecule has 1 amide bonds. The van der Waals surface area contributed by atoms with Gasteiger partial charge >= 0.3 is 6.09 Å². The Kier molecular flexibility index (Phi) is 5.24. The Morgan fingerprint density at radius 3 is 3.00 bits per heavy atom. The Labute approximate surface area is 120 Å². The van der Waals surface area contributed by atoms with Crippen molar-refractivity contribution in [2.75, 3.05) is 45.3 Å². The maximum absolute atomic E-state index is 12.2. The molecule has 0 atom stereocenters. The van der Waals surface area contributed by atoms with E-state index in [4.69, 9.17) is 9.47 Å². The fraction of sp³-hybridized carbons (Fsp3) is 0.533. The molecule has 110 valence electrons. The number of carbonyl (C=O) groups excluding carboxylic acids is 1. The molecule has 5 heteroatoms. The van der Waals surface area contributed by atoms with Crippen molar-refractivity contribution in [1.29, 1.82) is 0 Å². The van der Waals surface area contributed by atoms with E-state index in [1.54, 1.807) is 4.90 Å². The molecule has 0 N–H and O–H groups in total. The summed E-state index contributed by atoms with van der Waals surface area (Å²) in [5.41, 5.74) is 0.794. The third kappa shape index (κ3) is 3.87. The van der Waals surface area contributed by atoms with Crippen molar-refractivity contribution in [2.45, 2.75) is 12.8 Å². The van der Waals surface area contributed by atoms with Crippen molar-refractivity contribution < 1.29 is 14.3 Å². The lowest BCUT2D eigenvalue weighted by Crippen LogP contribution is -2.32. The maximum Gasteiger partial charge on any atom is 0.414 e. The van der Waals surface area contributed by atoms with Crippen molar-refractivity contribution in [2.24, 2.45) is 0 Å². The third-order valence-corrected chi connectivity index (χ3v) is 3.14. The fourth-order valence-electron chi connectivity index (χ4n) is 2.14. The van der Waals surface area contributed by atoms with Crippen molar-refractivity contribution in [3.8, 4) is 5.75 Å². The number of hydrogen-bond donors (Lipinski definition) is 0. The van der Waals surface area contributed by atoms with Crippen LogP contribution in [0.25, 0.3) is 0 Å². The summed E-state index contributed by atoms with van der Waals surface area (Å²) in [7, 11) is 4.01. The Morgan fingerprint density at radius 2 is 2.20 bits per heavy atom. The molecule has 1 aromatic rings. The molecule has 0 spiro atoms. The van der Waals surface area contributed by atoms with Crippen LogP contribution in [0.5, 0.6) is 5.75 Å². The molecular weight excluding hydrogens is 256 g/mol.